The van der Waals surface area contributed by atoms with E-state index < -0.39 is 24.9 Å². The lowest BCUT2D eigenvalue weighted by molar-refractivity contribution is -0.115. The Hall–Kier alpha value is -5.10. The largest absolute Gasteiger partial charge is 0.435 e. The van der Waals surface area contributed by atoms with Crippen molar-refractivity contribution >= 4 is 28.0 Å². The summed E-state index contributed by atoms with van der Waals surface area (Å²) in [4.78, 5) is 29.2. The maximum atomic E-state index is 14.0. The molecule has 0 spiro atoms. The molecule has 0 amide bonds. The van der Waals surface area contributed by atoms with Gasteiger partial charge in [0.2, 0.25) is 0 Å². The first-order chi connectivity index (χ1) is 20.6. The van der Waals surface area contributed by atoms with Gasteiger partial charge in [0.1, 0.15) is 29.5 Å². The Morgan fingerprint density at radius 3 is 2.56 bits per heavy atom. The highest BCUT2D eigenvalue weighted by atomic mass is 19.4. The average molecular weight is 597 g/mol. The number of nitriles is 1. The lowest BCUT2D eigenvalue weighted by Gasteiger charge is -2.25. The van der Waals surface area contributed by atoms with E-state index in [2.05, 4.69) is 31.1 Å². The molecule has 0 aliphatic carbocycles. The van der Waals surface area contributed by atoms with Crippen LogP contribution in [-0.4, -0.2) is 61.4 Å². The molecule has 2 aromatic carbocycles. The minimum Gasteiger partial charge on any atom is -0.435 e. The summed E-state index contributed by atoms with van der Waals surface area (Å²) in [5, 5.41) is 11.2. The third-order valence-electron chi connectivity index (χ3n) is 6.94. The van der Waals surface area contributed by atoms with E-state index in [1.807, 2.05) is 15.5 Å². The van der Waals surface area contributed by atoms with E-state index in [-0.39, 0.29) is 40.5 Å². The van der Waals surface area contributed by atoms with E-state index in [0.717, 1.165) is 17.5 Å². The number of imidazole rings is 1. The third-order valence-corrected chi connectivity index (χ3v) is 6.94. The average Bonchev–Trinajstić information content (AvgIpc) is 3.33. The lowest BCUT2D eigenvalue weighted by Crippen LogP contribution is -2.33. The van der Waals surface area contributed by atoms with Gasteiger partial charge in [-0.15, -0.1) is 0 Å². The molecule has 0 fully saturated rings. The molecule has 1 N–H and O–H groups in total. The van der Waals surface area contributed by atoms with Crippen LogP contribution in [0.15, 0.2) is 59.5 Å². The van der Waals surface area contributed by atoms with Crippen molar-refractivity contribution in [3.63, 3.8) is 0 Å². The topological polar surface area (TPSA) is 114 Å². The molecule has 0 unspecified atom stereocenters. The number of alkyl halides is 5. The van der Waals surface area contributed by atoms with Gasteiger partial charge in [-0.25, -0.2) is 15.0 Å². The zero-order chi connectivity index (χ0) is 30.3. The Morgan fingerprint density at radius 2 is 1.84 bits per heavy atom. The van der Waals surface area contributed by atoms with Crippen molar-refractivity contribution < 1.29 is 26.7 Å². The van der Waals surface area contributed by atoms with Crippen LogP contribution in [0.3, 0.4) is 0 Å². The highest BCUT2D eigenvalue weighted by molar-refractivity contribution is 5.86. The Labute approximate surface area is 239 Å². The van der Waals surface area contributed by atoms with E-state index in [4.69, 9.17) is 5.26 Å². The van der Waals surface area contributed by atoms with Crippen LogP contribution in [0.1, 0.15) is 5.82 Å². The van der Waals surface area contributed by atoms with E-state index in [1.165, 1.54) is 34.9 Å². The van der Waals surface area contributed by atoms with Crippen molar-refractivity contribution in [1.29, 1.82) is 5.26 Å². The molecule has 43 heavy (non-hydrogen) atoms. The van der Waals surface area contributed by atoms with Crippen LogP contribution < -0.4 is 15.6 Å². The quantitative estimate of drug-likeness (QED) is 0.212. The number of anilines is 1. The van der Waals surface area contributed by atoms with Crippen LogP contribution in [0.2, 0.25) is 0 Å². The molecule has 5 aromatic rings. The van der Waals surface area contributed by atoms with Gasteiger partial charge in [-0.05, 0) is 48.0 Å². The molecule has 0 bridgehead atoms. The fourth-order valence-electron chi connectivity index (χ4n) is 5.03. The van der Waals surface area contributed by atoms with Crippen molar-refractivity contribution in [2.24, 2.45) is 0 Å². The molecule has 0 atom stereocenters. The van der Waals surface area contributed by atoms with E-state index in [0.29, 0.717) is 30.7 Å². The molecule has 10 nitrogen and oxygen atoms in total. The number of ether oxygens (including phenoxy) is 1. The van der Waals surface area contributed by atoms with Crippen LogP contribution >= 0.6 is 0 Å². The van der Waals surface area contributed by atoms with Crippen LogP contribution in [-0.2, 0) is 13.1 Å². The summed E-state index contributed by atoms with van der Waals surface area (Å²) < 4.78 is 71.5. The molecule has 1 aliphatic rings. The molecule has 4 heterocycles. The second-order valence-corrected chi connectivity index (χ2v) is 9.76. The summed E-state index contributed by atoms with van der Waals surface area (Å²) in [6, 6.07) is 14.2. The van der Waals surface area contributed by atoms with Crippen molar-refractivity contribution in [2.45, 2.75) is 25.9 Å². The van der Waals surface area contributed by atoms with E-state index in [9.17, 15) is 26.7 Å². The standard InChI is InChI=1S/C28H21F5N8O2/c29-27(30)43-18-4-2-17(3-5-18)41-25-21(35-13-23(38-25)36-15-28(31,32)33)12-19(26(41)42)16-1-6-20-22(11-16)40-10-9-39(8-7-34)14-24(40)37-20/h1-6,11-13,27H,8-10,14-15H2,(H,36,38). The molecule has 0 saturated carbocycles. The number of hydrogen-bond donors (Lipinski definition) is 1. The summed E-state index contributed by atoms with van der Waals surface area (Å²) in [5.74, 6) is 0.441. The first-order valence-corrected chi connectivity index (χ1v) is 13.0. The van der Waals surface area contributed by atoms with Gasteiger partial charge in [0.15, 0.2) is 5.65 Å². The first kappa shape index (κ1) is 28.0. The second kappa shape index (κ2) is 11.0. The van der Waals surface area contributed by atoms with Gasteiger partial charge in [-0.3, -0.25) is 14.3 Å². The monoisotopic (exact) mass is 596 g/mol. The number of halogens is 5. The molecule has 1 aliphatic heterocycles. The van der Waals surface area contributed by atoms with Gasteiger partial charge in [-0.2, -0.15) is 27.2 Å². The smallest absolute Gasteiger partial charge is 0.405 e. The third kappa shape index (κ3) is 5.69. The number of aromatic nitrogens is 5. The Bertz CT molecular complexity index is 1930. The maximum Gasteiger partial charge on any atom is 0.405 e. The van der Waals surface area contributed by atoms with Gasteiger partial charge >= 0.3 is 12.8 Å². The summed E-state index contributed by atoms with van der Waals surface area (Å²) in [5.41, 5.74) is 2.09. The van der Waals surface area contributed by atoms with Crippen molar-refractivity contribution in [2.75, 3.05) is 25.0 Å². The van der Waals surface area contributed by atoms with Crippen molar-refractivity contribution in [1.82, 2.24) is 29.0 Å². The number of nitrogens with one attached hydrogen (secondary N) is 1. The highest BCUT2D eigenvalue weighted by Gasteiger charge is 2.27. The SMILES string of the molecule is N#CCN1CCn2c(nc3ccc(-c4cc5ncc(NCC(F)(F)F)nc5n(-c5ccc(OC(F)F)cc5)c4=O)cc32)C1. The number of rotatable bonds is 7. The van der Waals surface area contributed by atoms with Crippen molar-refractivity contribution in [3.8, 4) is 28.6 Å². The van der Waals surface area contributed by atoms with Gasteiger partial charge in [0.05, 0.1) is 42.1 Å². The number of hydrogen-bond acceptors (Lipinski definition) is 8. The summed E-state index contributed by atoms with van der Waals surface area (Å²) in [6.45, 7) is -2.36. The molecule has 0 saturated heterocycles. The minimum atomic E-state index is -4.51. The Morgan fingerprint density at radius 1 is 1.05 bits per heavy atom. The van der Waals surface area contributed by atoms with Gasteiger partial charge in [0, 0.05) is 18.7 Å². The Balaban J connectivity index is 1.48. The predicted octanol–water partition coefficient (Wildman–Crippen LogP) is 4.71. The van der Waals surface area contributed by atoms with E-state index >= 15 is 0 Å². The zero-order valence-electron chi connectivity index (χ0n) is 22.1. The molecule has 220 valence electrons. The Kier molecular flexibility index (Phi) is 7.14. The van der Waals surface area contributed by atoms with Gasteiger partial charge in [0.25, 0.3) is 5.56 Å². The van der Waals surface area contributed by atoms with Crippen LogP contribution in [0.5, 0.6) is 5.75 Å². The molecule has 6 rings (SSSR count). The fourth-order valence-corrected chi connectivity index (χ4v) is 5.03. The predicted molar refractivity (Wildman–Crippen MR) is 146 cm³/mol. The zero-order valence-corrected chi connectivity index (χ0v) is 22.1. The van der Waals surface area contributed by atoms with E-state index in [1.54, 1.807) is 12.1 Å². The number of benzene rings is 2. The summed E-state index contributed by atoms with van der Waals surface area (Å²) in [7, 11) is 0. The fraction of sp³-hybridized carbons (Fsp3) is 0.250. The summed E-state index contributed by atoms with van der Waals surface area (Å²) >= 11 is 0. The lowest BCUT2D eigenvalue weighted by atomic mass is 10.1. The van der Waals surface area contributed by atoms with Crippen molar-refractivity contribution in [3.05, 3.63) is 70.9 Å². The van der Waals surface area contributed by atoms with Crippen LogP contribution in [0, 0.1) is 11.3 Å². The minimum absolute atomic E-state index is 0.0381. The number of pyridine rings is 1. The first-order valence-electron chi connectivity index (χ1n) is 13.0. The highest BCUT2D eigenvalue weighted by Crippen LogP contribution is 2.28. The molecule has 15 heteroatoms. The molecule has 3 aromatic heterocycles. The second-order valence-electron chi connectivity index (χ2n) is 9.76. The summed E-state index contributed by atoms with van der Waals surface area (Å²) in [6.07, 6.45) is -3.38. The maximum absolute atomic E-state index is 14.0. The molecular weight excluding hydrogens is 575 g/mol. The normalized spacial score (nSPS) is 13.8. The number of fused-ring (bicyclic) bond motifs is 4. The van der Waals surface area contributed by atoms with Crippen LogP contribution in [0.4, 0.5) is 27.8 Å². The molecule has 0 radical (unpaired) electrons. The van der Waals surface area contributed by atoms with Gasteiger partial charge < -0.3 is 14.6 Å². The molecular formula is C28H21F5N8O2. The van der Waals surface area contributed by atoms with Crippen LogP contribution in [0.25, 0.3) is 39.0 Å². The number of nitrogens with zero attached hydrogens (tertiary/aromatic N) is 7. The van der Waals surface area contributed by atoms with Gasteiger partial charge in [-0.1, -0.05) is 6.07 Å².